The summed E-state index contributed by atoms with van der Waals surface area (Å²) < 4.78 is 1.80. The van der Waals surface area contributed by atoms with Crippen molar-refractivity contribution in [1.82, 2.24) is 9.88 Å². The molecule has 19 heavy (non-hydrogen) atoms. The van der Waals surface area contributed by atoms with Crippen LogP contribution in [0.5, 0.6) is 0 Å². The number of benzene rings is 1. The summed E-state index contributed by atoms with van der Waals surface area (Å²) in [6.45, 7) is 0.570. The minimum absolute atomic E-state index is 0.0464. The highest BCUT2D eigenvalue weighted by Gasteiger charge is 2.09. The highest BCUT2D eigenvalue weighted by atomic mass is 16.1. The zero-order chi connectivity index (χ0) is 13.7. The molecule has 0 fully saturated rings. The number of nitrogens with zero attached hydrogens (tertiary/aromatic N) is 1. The summed E-state index contributed by atoms with van der Waals surface area (Å²) in [6, 6.07) is 13.5. The quantitative estimate of drug-likeness (QED) is 0.858. The molecule has 0 bridgehead atoms. The van der Waals surface area contributed by atoms with Gasteiger partial charge in [-0.15, -0.1) is 0 Å². The largest absolute Gasteiger partial charge is 0.351 e. The molecule has 1 unspecified atom stereocenters. The maximum Gasteiger partial charge on any atom is 0.267 e. The molecule has 0 spiro atoms. The first-order valence-corrected chi connectivity index (χ1v) is 6.38. The Bertz CT molecular complexity index is 533. The third-order valence-corrected chi connectivity index (χ3v) is 3.15. The molecule has 0 saturated carbocycles. The minimum Gasteiger partial charge on any atom is -0.351 e. The molecule has 3 N–H and O–H groups in total. The van der Waals surface area contributed by atoms with Crippen molar-refractivity contribution in [1.29, 1.82) is 0 Å². The first-order valence-electron chi connectivity index (χ1n) is 6.38. The van der Waals surface area contributed by atoms with Gasteiger partial charge in [0.05, 0.1) is 0 Å². The van der Waals surface area contributed by atoms with Gasteiger partial charge in [-0.2, -0.15) is 0 Å². The Balaban J connectivity index is 1.81. The Morgan fingerprint density at radius 3 is 2.63 bits per heavy atom. The maximum absolute atomic E-state index is 11.9. The summed E-state index contributed by atoms with van der Waals surface area (Å²) in [5.41, 5.74) is 7.83. The van der Waals surface area contributed by atoms with Gasteiger partial charge in [0.1, 0.15) is 5.69 Å². The summed E-state index contributed by atoms with van der Waals surface area (Å²) in [4.78, 5) is 11.9. The Morgan fingerprint density at radius 2 is 2.00 bits per heavy atom. The van der Waals surface area contributed by atoms with Gasteiger partial charge in [0.25, 0.3) is 5.91 Å². The molecule has 0 saturated heterocycles. The van der Waals surface area contributed by atoms with Crippen LogP contribution in [0, 0.1) is 0 Å². The van der Waals surface area contributed by atoms with Crippen LogP contribution in [0.4, 0.5) is 0 Å². The van der Waals surface area contributed by atoms with E-state index in [1.807, 2.05) is 49.6 Å². The molecule has 100 valence electrons. The molecule has 4 heteroatoms. The average Bonchev–Trinajstić information content (AvgIpc) is 2.86. The number of carbonyl (C=O) groups excluding carboxylic acids is 1. The molecule has 0 aliphatic carbocycles. The van der Waals surface area contributed by atoms with Crippen LogP contribution in [-0.2, 0) is 7.05 Å². The van der Waals surface area contributed by atoms with E-state index in [-0.39, 0.29) is 11.9 Å². The van der Waals surface area contributed by atoms with Crippen LogP contribution < -0.4 is 11.1 Å². The van der Waals surface area contributed by atoms with Crippen LogP contribution in [-0.4, -0.2) is 17.0 Å². The van der Waals surface area contributed by atoms with Gasteiger partial charge in [-0.3, -0.25) is 4.79 Å². The monoisotopic (exact) mass is 257 g/mol. The summed E-state index contributed by atoms with van der Waals surface area (Å²) >= 11 is 0. The van der Waals surface area contributed by atoms with Gasteiger partial charge in [0.2, 0.25) is 0 Å². The van der Waals surface area contributed by atoms with Crippen LogP contribution in [0.2, 0.25) is 0 Å². The lowest BCUT2D eigenvalue weighted by molar-refractivity contribution is 0.0944. The van der Waals surface area contributed by atoms with E-state index in [2.05, 4.69) is 5.32 Å². The molecule has 2 aromatic rings. The Morgan fingerprint density at radius 1 is 1.26 bits per heavy atom. The maximum atomic E-state index is 11.9. The van der Waals surface area contributed by atoms with E-state index >= 15 is 0 Å². The summed E-state index contributed by atoms with van der Waals surface area (Å²) in [7, 11) is 1.85. The number of hydrogen-bond acceptors (Lipinski definition) is 2. The van der Waals surface area contributed by atoms with Crippen LogP contribution in [0.1, 0.15) is 28.5 Å². The van der Waals surface area contributed by atoms with Gasteiger partial charge in [0, 0.05) is 25.8 Å². The second-order valence-electron chi connectivity index (χ2n) is 4.57. The fourth-order valence-corrected chi connectivity index (χ4v) is 2.00. The predicted molar refractivity (Wildman–Crippen MR) is 75.7 cm³/mol. The molecule has 0 aliphatic rings. The molecule has 1 aromatic carbocycles. The van der Waals surface area contributed by atoms with Crippen molar-refractivity contribution in [3.05, 3.63) is 59.9 Å². The third-order valence-electron chi connectivity index (χ3n) is 3.15. The Hall–Kier alpha value is -2.07. The fraction of sp³-hybridized carbons (Fsp3) is 0.267. The van der Waals surface area contributed by atoms with E-state index in [0.717, 1.165) is 12.0 Å². The number of nitrogens with one attached hydrogen (secondary N) is 1. The fourth-order valence-electron chi connectivity index (χ4n) is 2.00. The van der Waals surface area contributed by atoms with Crippen molar-refractivity contribution in [3.63, 3.8) is 0 Å². The van der Waals surface area contributed by atoms with Crippen molar-refractivity contribution >= 4 is 5.91 Å². The van der Waals surface area contributed by atoms with Gasteiger partial charge >= 0.3 is 0 Å². The van der Waals surface area contributed by atoms with Crippen molar-refractivity contribution in [2.45, 2.75) is 12.5 Å². The Labute approximate surface area is 113 Å². The number of nitrogens with two attached hydrogens (primary N) is 1. The van der Waals surface area contributed by atoms with E-state index < -0.39 is 0 Å². The molecule has 1 aromatic heterocycles. The topological polar surface area (TPSA) is 60.0 Å². The number of amides is 1. The number of hydrogen-bond donors (Lipinski definition) is 2. The zero-order valence-corrected chi connectivity index (χ0v) is 11.0. The van der Waals surface area contributed by atoms with Crippen molar-refractivity contribution in [3.8, 4) is 0 Å². The summed E-state index contributed by atoms with van der Waals surface area (Å²) in [5, 5.41) is 2.89. The molecule has 1 atom stereocenters. The van der Waals surface area contributed by atoms with Gasteiger partial charge in [-0.05, 0) is 24.1 Å². The van der Waals surface area contributed by atoms with E-state index in [1.165, 1.54) is 0 Å². The standard InChI is InChI=1S/C15H19N3O/c1-18-11-5-8-14(18)15(19)17-10-9-13(16)12-6-3-2-4-7-12/h2-8,11,13H,9-10,16H2,1H3,(H,17,19). The zero-order valence-electron chi connectivity index (χ0n) is 11.0. The highest BCUT2D eigenvalue weighted by molar-refractivity contribution is 5.92. The lowest BCUT2D eigenvalue weighted by Crippen LogP contribution is -2.28. The molecular formula is C15H19N3O. The first-order chi connectivity index (χ1) is 9.18. The molecule has 0 aliphatic heterocycles. The molecule has 1 amide bonds. The average molecular weight is 257 g/mol. The minimum atomic E-state index is -0.0623. The smallest absolute Gasteiger partial charge is 0.267 e. The van der Waals surface area contributed by atoms with Crippen molar-refractivity contribution in [2.24, 2.45) is 12.8 Å². The highest BCUT2D eigenvalue weighted by Crippen LogP contribution is 2.12. The van der Waals surface area contributed by atoms with Crippen LogP contribution >= 0.6 is 0 Å². The number of aromatic nitrogens is 1. The second kappa shape index (κ2) is 6.20. The Kier molecular flexibility index (Phi) is 4.36. The van der Waals surface area contributed by atoms with E-state index in [9.17, 15) is 4.79 Å². The molecule has 4 nitrogen and oxygen atoms in total. The lowest BCUT2D eigenvalue weighted by Gasteiger charge is -2.12. The molecule has 0 radical (unpaired) electrons. The van der Waals surface area contributed by atoms with Crippen LogP contribution in [0.3, 0.4) is 0 Å². The van der Waals surface area contributed by atoms with Gasteiger partial charge in [0.15, 0.2) is 0 Å². The summed E-state index contributed by atoms with van der Waals surface area (Å²) in [6.07, 6.45) is 2.57. The van der Waals surface area contributed by atoms with E-state index in [0.29, 0.717) is 12.2 Å². The van der Waals surface area contributed by atoms with Crippen molar-refractivity contribution in [2.75, 3.05) is 6.54 Å². The van der Waals surface area contributed by atoms with Crippen molar-refractivity contribution < 1.29 is 4.79 Å². The van der Waals surface area contributed by atoms with E-state index in [1.54, 1.807) is 10.6 Å². The van der Waals surface area contributed by atoms with Gasteiger partial charge in [-0.1, -0.05) is 30.3 Å². The summed E-state index contributed by atoms with van der Waals surface area (Å²) in [5.74, 6) is -0.0623. The molecule has 2 rings (SSSR count). The predicted octanol–water partition coefficient (Wildman–Crippen LogP) is 1.84. The SMILES string of the molecule is Cn1cccc1C(=O)NCCC(N)c1ccccc1. The molecular weight excluding hydrogens is 238 g/mol. The number of aryl methyl sites for hydroxylation is 1. The van der Waals surface area contributed by atoms with E-state index in [4.69, 9.17) is 5.73 Å². The van der Waals surface area contributed by atoms with Crippen LogP contribution in [0.15, 0.2) is 48.7 Å². The third kappa shape index (κ3) is 3.45. The number of carbonyl (C=O) groups is 1. The van der Waals surface area contributed by atoms with Gasteiger partial charge < -0.3 is 15.6 Å². The second-order valence-corrected chi connectivity index (χ2v) is 4.57. The van der Waals surface area contributed by atoms with Crippen LogP contribution in [0.25, 0.3) is 0 Å². The molecule has 1 heterocycles. The lowest BCUT2D eigenvalue weighted by atomic mass is 10.1. The normalized spacial score (nSPS) is 12.1. The first kappa shape index (κ1) is 13.4. The number of rotatable bonds is 5. The van der Waals surface area contributed by atoms with Gasteiger partial charge in [-0.25, -0.2) is 0 Å².